The van der Waals surface area contributed by atoms with Crippen LogP contribution in [0.25, 0.3) is 0 Å². The second-order valence-corrected chi connectivity index (χ2v) is 4.25. The highest BCUT2D eigenvalue weighted by Gasteiger charge is 2.06. The largest absolute Gasteiger partial charge is 0.468 e. The Kier molecular flexibility index (Phi) is 5.76. The molecule has 1 N–H and O–H groups in total. The van der Waals surface area contributed by atoms with E-state index in [-0.39, 0.29) is 11.7 Å². The Balaban J connectivity index is 2.75. The van der Waals surface area contributed by atoms with E-state index in [9.17, 15) is 4.79 Å². The van der Waals surface area contributed by atoms with Crippen LogP contribution in [0.5, 0.6) is 0 Å². The number of aryl methyl sites for hydroxylation is 1. The van der Waals surface area contributed by atoms with Gasteiger partial charge in [-0.3, -0.25) is 4.79 Å². The van der Waals surface area contributed by atoms with Crippen molar-refractivity contribution in [1.82, 2.24) is 9.97 Å². The Hall–Kier alpha value is -1.30. The summed E-state index contributed by atoms with van der Waals surface area (Å²) in [4.78, 5) is 19.7. The Morgan fingerprint density at radius 1 is 1.47 bits per heavy atom. The molecule has 0 amide bonds. The first-order chi connectivity index (χ1) is 8.19. The summed E-state index contributed by atoms with van der Waals surface area (Å²) < 4.78 is 4.59. The number of hydrogen-bond donors (Lipinski definition) is 1. The molecular weight excluding hydrogens is 238 g/mol. The first kappa shape index (κ1) is 13.8. The third-order valence-corrected chi connectivity index (χ3v) is 2.87. The normalized spacial score (nSPS) is 10.1. The first-order valence-corrected chi connectivity index (χ1v) is 6.49. The number of carbonyl (C=O) groups is 1. The third-order valence-electron chi connectivity index (χ3n) is 1.99. The topological polar surface area (TPSA) is 64.1 Å². The molecule has 1 rings (SSSR count). The summed E-state index contributed by atoms with van der Waals surface area (Å²) >= 11 is 1.36. The number of rotatable bonds is 6. The van der Waals surface area contributed by atoms with Gasteiger partial charge >= 0.3 is 5.97 Å². The number of ether oxygens (including phenoxy) is 1. The molecule has 0 bridgehead atoms. The van der Waals surface area contributed by atoms with Crippen molar-refractivity contribution in [2.45, 2.75) is 25.3 Å². The van der Waals surface area contributed by atoms with Crippen LogP contribution in [0.4, 0.5) is 5.82 Å². The van der Waals surface area contributed by atoms with E-state index in [1.54, 1.807) is 0 Å². The number of methoxy groups -OCH3 is 1. The van der Waals surface area contributed by atoms with Gasteiger partial charge in [-0.15, -0.1) is 0 Å². The number of esters is 1. The molecule has 0 radical (unpaired) electrons. The smallest absolute Gasteiger partial charge is 0.316 e. The van der Waals surface area contributed by atoms with Gasteiger partial charge in [-0.25, -0.2) is 9.97 Å². The number of aromatic nitrogens is 2. The van der Waals surface area contributed by atoms with E-state index in [4.69, 9.17) is 0 Å². The van der Waals surface area contributed by atoms with Gasteiger partial charge in [-0.1, -0.05) is 18.7 Å². The highest BCUT2D eigenvalue weighted by Crippen LogP contribution is 2.19. The van der Waals surface area contributed by atoms with Crippen LogP contribution >= 0.6 is 11.8 Å². The molecule has 0 saturated heterocycles. The number of thioether (sulfide) groups is 1. The van der Waals surface area contributed by atoms with Gasteiger partial charge in [-0.05, 0) is 6.92 Å². The number of nitrogens with zero attached hydrogens (tertiary/aromatic N) is 2. The van der Waals surface area contributed by atoms with Crippen molar-refractivity contribution in [2.75, 3.05) is 24.7 Å². The molecule has 17 heavy (non-hydrogen) atoms. The van der Waals surface area contributed by atoms with Crippen molar-refractivity contribution in [1.29, 1.82) is 0 Å². The van der Waals surface area contributed by atoms with E-state index in [1.807, 2.05) is 19.9 Å². The molecule has 5 nitrogen and oxygen atoms in total. The van der Waals surface area contributed by atoms with Gasteiger partial charge in [0.1, 0.15) is 16.7 Å². The molecule has 0 saturated carbocycles. The Labute approximate surface area is 105 Å². The van der Waals surface area contributed by atoms with Gasteiger partial charge in [0.05, 0.1) is 12.9 Å². The lowest BCUT2D eigenvalue weighted by Crippen LogP contribution is -2.06. The highest BCUT2D eigenvalue weighted by atomic mass is 32.2. The fourth-order valence-electron chi connectivity index (χ4n) is 1.17. The van der Waals surface area contributed by atoms with Crippen molar-refractivity contribution in [3.8, 4) is 0 Å². The summed E-state index contributed by atoms with van der Waals surface area (Å²) in [7, 11) is 1.38. The minimum Gasteiger partial charge on any atom is -0.468 e. The van der Waals surface area contributed by atoms with Crippen LogP contribution in [0.3, 0.4) is 0 Å². The van der Waals surface area contributed by atoms with Crippen molar-refractivity contribution < 1.29 is 9.53 Å². The zero-order valence-corrected chi connectivity index (χ0v) is 11.1. The fourth-order valence-corrected chi connectivity index (χ4v) is 1.92. The second kappa shape index (κ2) is 7.11. The monoisotopic (exact) mass is 255 g/mol. The summed E-state index contributed by atoms with van der Waals surface area (Å²) in [5, 5.41) is 3.93. The molecular formula is C11H17N3O2S. The molecule has 94 valence electrons. The highest BCUT2D eigenvalue weighted by molar-refractivity contribution is 7.99. The molecule has 0 fully saturated rings. The van der Waals surface area contributed by atoms with Crippen LogP contribution in [0.2, 0.25) is 0 Å². The quantitative estimate of drug-likeness (QED) is 0.474. The molecule has 1 aromatic heterocycles. The van der Waals surface area contributed by atoms with Crippen LogP contribution in [-0.4, -0.2) is 35.3 Å². The number of carbonyl (C=O) groups excluding carboxylic acids is 1. The average Bonchev–Trinajstić information content (AvgIpc) is 2.36. The second-order valence-electron chi connectivity index (χ2n) is 3.26. The maximum absolute atomic E-state index is 11.0. The third kappa shape index (κ3) is 4.60. The van der Waals surface area contributed by atoms with Crippen molar-refractivity contribution in [3.63, 3.8) is 0 Å². The van der Waals surface area contributed by atoms with Crippen LogP contribution in [0.15, 0.2) is 11.1 Å². The van der Waals surface area contributed by atoms with Gasteiger partial charge < -0.3 is 10.1 Å². The van der Waals surface area contributed by atoms with Gasteiger partial charge in [0.15, 0.2) is 0 Å². The summed E-state index contributed by atoms with van der Waals surface area (Å²) in [5.74, 6) is 1.58. The summed E-state index contributed by atoms with van der Waals surface area (Å²) in [6.07, 6.45) is 0.769. The maximum Gasteiger partial charge on any atom is 0.316 e. The number of nitrogens with one attached hydrogen (secondary N) is 1. The zero-order chi connectivity index (χ0) is 12.7. The lowest BCUT2D eigenvalue weighted by Gasteiger charge is -2.07. The van der Waals surface area contributed by atoms with Crippen molar-refractivity contribution in [3.05, 3.63) is 11.9 Å². The summed E-state index contributed by atoms with van der Waals surface area (Å²) in [6, 6.07) is 1.84. The fraction of sp³-hybridized carbons (Fsp3) is 0.545. The minimum atomic E-state index is -0.253. The van der Waals surface area contributed by atoms with E-state index in [1.165, 1.54) is 18.9 Å². The van der Waals surface area contributed by atoms with E-state index >= 15 is 0 Å². The van der Waals surface area contributed by atoms with Gasteiger partial charge in [0.25, 0.3) is 0 Å². The molecule has 0 spiro atoms. The summed E-state index contributed by atoms with van der Waals surface area (Å²) in [5.41, 5.74) is 0. The Morgan fingerprint density at radius 2 is 2.24 bits per heavy atom. The van der Waals surface area contributed by atoms with Crippen molar-refractivity contribution in [2.24, 2.45) is 0 Å². The standard InChI is InChI=1S/C11H17N3O2S/c1-4-8-13-9(12-5-2)6-10(14-8)17-7-11(15)16-3/h6H,4-5,7H2,1-3H3,(H,12,13,14). The van der Waals surface area contributed by atoms with E-state index in [0.29, 0.717) is 0 Å². The van der Waals surface area contributed by atoms with Gasteiger partial charge in [0, 0.05) is 19.0 Å². The van der Waals surface area contributed by atoms with Crippen LogP contribution < -0.4 is 5.32 Å². The molecule has 0 atom stereocenters. The zero-order valence-electron chi connectivity index (χ0n) is 10.3. The Morgan fingerprint density at radius 3 is 2.82 bits per heavy atom. The predicted molar refractivity (Wildman–Crippen MR) is 68.3 cm³/mol. The van der Waals surface area contributed by atoms with Crippen LogP contribution in [-0.2, 0) is 16.0 Å². The van der Waals surface area contributed by atoms with Crippen LogP contribution in [0, 0.1) is 0 Å². The molecule has 0 aliphatic heterocycles. The Bertz CT molecular complexity index is 385. The molecule has 1 aromatic rings. The molecule has 0 aliphatic rings. The minimum absolute atomic E-state index is 0.253. The van der Waals surface area contributed by atoms with E-state index in [2.05, 4.69) is 20.0 Å². The lowest BCUT2D eigenvalue weighted by atomic mass is 10.4. The van der Waals surface area contributed by atoms with Gasteiger partial charge in [0.2, 0.25) is 0 Å². The molecule has 0 aliphatic carbocycles. The molecule has 1 heterocycles. The molecule has 0 unspecified atom stereocenters. The summed E-state index contributed by atoms with van der Waals surface area (Å²) in [6.45, 7) is 4.82. The van der Waals surface area contributed by atoms with Crippen molar-refractivity contribution >= 4 is 23.5 Å². The number of anilines is 1. The average molecular weight is 255 g/mol. The van der Waals surface area contributed by atoms with Gasteiger partial charge in [-0.2, -0.15) is 0 Å². The maximum atomic E-state index is 11.0. The molecule has 0 aromatic carbocycles. The van der Waals surface area contributed by atoms with E-state index in [0.717, 1.165) is 29.6 Å². The first-order valence-electron chi connectivity index (χ1n) is 5.51. The van der Waals surface area contributed by atoms with Crippen LogP contribution in [0.1, 0.15) is 19.7 Å². The molecule has 6 heteroatoms. The number of hydrogen-bond acceptors (Lipinski definition) is 6. The lowest BCUT2D eigenvalue weighted by molar-refractivity contribution is -0.137. The SMILES string of the molecule is CCNc1cc(SCC(=O)OC)nc(CC)n1. The predicted octanol–water partition coefficient (Wildman–Crippen LogP) is 1.74. The van der Waals surface area contributed by atoms with E-state index < -0.39 is 0 Å².